The summed E-state index contributed by atoms with van der Waals surface area (Å²) in [4.78, 5) is 21.4. The summed E-state index contributed by atoms with van der Waals surface area (Å²) < 4.78 is 39.7. The van der Waals surface area contributed by atoms with E-state index in [2.05, 4.69) is 15.2 Å². The Morgan fingerprint density at radius 3 is 2.72 bits per heavy atom. The van der Waals surface area contributed by atoms with Crippen LogP contribution in [0.5, 0.6) is 0 Å². The minimum absolute atomic E-state index is 0.188. The average Bonchev–Trinajstić information content (AvgIpc) is 3.43. The van der Waals surface area contributed by atoms with Crippen LogP contribution in [-0.2, 0) is 15.8 Å². The van der Waals surface area contributed by atoms with Crippen molar-refractivity contribution in [3.8, 4) is 0 Å². The van der Waals surface area contributed by atoms with Gasteiger partial charge in [-0.2, -0.15) is 18.3 Å². The third-order valence-corrected chi connectivity index (χ3v) is 5.36. The molecular formula is C19H14F3N4O2S. The third kappa shape index (κ3) is 3.80. The van der Waals surface area contributed by atoms with Gasteiger partial charge in [0.25, 0.3) is 0 Å². The summed E-state index contributed by atoms with van der Waals surface area (Å²) in [6.45, 7) is 1.44. The number of alkyl halides is 3. The number of nitrogens with zero attached hydrogens (tertiary/aromatic N) is 4. The molecule has 1 aromatic carbocycles. The second kappa shape index (κ2) is 7.43. The average molecular weight is 419 g/mol. The smallest absolute Gasteiger partial charge is 0.387 e. The first kappa shape index (κ1) is 19.3. The lowest BCUT2D eigenvalue weighted by Crippen LogP contribution is -2.16. The molecule has 29 heavy (non-hydrogen) atoms. The van der Waals surface area contributed by atoms with Gasteiger partial charge in [-0.05, 0) is 18.6 Å². The molecule has 3 heterocycles. The van der Waals surface area contributed by atoms with Crippen molar-refractivity contribution in [3.05, 3.63) is 69.4 Å². The van der Waals surface area contributed by atoms with Crippen LogP contribution >= 0.6 is 11.3 Å². The Morgan fingerprint density at radius 2 is 2.07 bits per heavy atom. The maximum absolute atomic E-state index is 12.9. The highest BCUT2D eigenvalue weighted by Gasteiger charge is 2.36. The molecule has 10 heteroatoms. The highest BCUT2D eigenvalue weighted by molar-refractivity contribution is 7.10. The monoisotopic (exact) mass is 419 g/mol. The quantitative estimate of drug-likeness (QED) is 0.621. The van der Waals surface area contributed by atoms with Crippen molar-refractivity contribution < 1.29 is 22.8 Å². The molecule has 6 nitrogen and oxygen atoms in total. The molecule has 149 valence electrons. The van der Waals surface area contributed by atoms with Gasteiger partial charge in [0.15, 0.2) is 17.8 Å². The Hall–Kier alpha value is -3.01. The molecule has 4 rings (SSSR count). The fourth-order valence-corrected chi connectivity index (χ4v) is 3.86. The van der Waals surface area contributed by atoms with E-state index in [9.17, 15) is 18.0 Å². The summed E-state index contributed by atoms with van der Waals surface area (Å²) in [6.07, 6.45) is -2.59. The number of aromatic nitrogens is 3. The Morgan fingerprint density at radius 1 is 1.31 bits per heavy atom. The Kier molecular flexibility index (Phi) is 4.95. The van der Waals surface area contributed by atoms with Gasteiger partial charge in [-0.1, -0.05) is 35.5 Å². The Labute approximate surface area is 167 Å². The van der Waals surface area contributed by atoms with Crippen molar-refractivity contribution in [2.75, 3.05) is 0 Å². The molecule has 0 amide bonds. The minimum Gasteiger partial charge on any atom is -0.387 e. The van der Waals surface area contributed by atoms with E-state index in [0.717, 1.165) is 27.6 Å². The van der Waals surface area contributed by atoms with Gasteiger partial charge in [0.2, 0.25) is 6.29 Å². The standard InChI is InChI=1S/C19H14F3N4O2S/c1-11-7-17(19(20,21)22)24-26(11)15(9-27)18-23-14(10-29-18)13-8-16(28-25-13)12-5-3-2-4-6-12/h2-7,10,15-16H,8H2,1H3/t15?,16-/m1/s1. The van der Waals surface area contributed by atoms with E-state index in [1.54, 1.807) is 11.7 Å². The highest BCUT2D eigenvalue weighted by Crippen LogP contribution is 2.32. The Bertz CT molecular complexity index is 1060. The number of rotatable bonds is 5. The summed E-state index contributed by atoms with van der Waals surface area (Å²) in [5.41, 5.74) is 1.23. The fraction of sp³-hybridized carbons (Fsp3) is 0.263. The number of benzene rings is 1. The maximum atomic E-state index is 12.9. The molecule has 1 aliphatic rings. The zero-order valence-corrected chi connectivity index (χ0v) is 15.9. The molecule has 3 aromatic rings. The van der Waals surface area contributed by atoms with E-state index >= 15 is 0 Å². The maximum Gasteiger partial charge on any atom is 0.435 e. The van der Waals surface area contributed by atoms with Gasteiger partial charge in [0.05, 0.1) is 5.69 Å². The van der Waals surface area contributed by atoms with Crippen LogP contribution in [0, 0.1) is 6.92 Å². The third-order valence-electron chi connectivity index (χ3n) is 4.46. The van der Waals surface area contributed by atoms with Gasteiger partial charge in [0.1, 0.15) is 10.7 Å². The van der Waals surface area contributed by atoms with Gasteiger partial charge in [-0.15, -0.1) is 11.3 Å². The lowest BCUT2D eigenvalue weighted by molar-refractivity contribution is -0.141. The van der Waals surface area contributed by atoms with E-state index in [-0.39, 0.29) is 16.8 Å². The summed E-state index contributed by atoms with van der Waals surface area (Å²) in [6, 6.07) is 9.31. The van der Waals surface area contributed by atoms with Crippen LogP contribution in [0.1, 0.15) is 46.2 Å². The molecule has 0 aliphatic carbocycles. The van der Waals surface area contributed by atoms with Crippen LogP contribution in [0.4, 0.5) is 13.2 Å². The van der Waals surface area contributed by atoms with Crippen molar-refractivity contribution in [3.63, 3.8) is 0 Å². The second-order valence-electron chi connectivity index (χ2n) is 6.45. The van der Waals surface area contributed by atoms with E-state index in [1.807, 2.05) is 30.3 Å². The number of halogens is 3. The van der Waals surface area contributed by atoms with Crippen LogP contribution in [-0.4, -0.2) is 26.8 Å². The van der Waals surface area contributed by atoms with Crippen molar-refractivity contribution in [2.24, 2.45) is 5.16 Å². The summed E-state index contributed by atoms with van der Waals surface area (Å²) in [7, 11) is 0. The second-order valence-corrected chi connectivity index (χ2v) is 7.34. The molecule has 0 saturated heterocycles. The van der Waals surface area contributed by atoms with E-state index in [0.29, 0.717) is 17.8 Å². The molecule has 1 unspecified atom stereocenters. The molecule has 2 aromatic heterocycles. The van der Waals surface area contributed by atoms with Gasteiger partial charge < -0.3 is 4.84 Å². The number of carbonyl (C=O) groups excluding carboxylic acids is 1. The first-order valence-electron chi connectivity index (χ1n) is 8.61. The van der Waals surface area contributed by atoms with Gasteiger partial charge in [0, 0.05) is 17.5 Å². The number of oxime groups is 1. The van der Waals surface area contributed by atoms with Crippen LogP contribution in [0.15, 0.2) is 46.9 Å². The first-order valence-corrected chi connectivity index (χ1v) is 9.49. The fourth-order valence-electron chi connectivity index (χ4n) is 3.01. The van der Waals surface area contributed by atoms with Crippen molar-refractivity contribution in [1.82, 2.24) is 14.8 Å². The summed E-state index contributed by atoms with van der Waals surface area (Å²) >= 11 is 1.13. The normalized spacial score (nSPS) is 17.7. The SMILES string of the molecule is Cc1cc(C(F)(F)F)nn1C([C]=O)c1nc(C2=NO[C@@H](c3ccccc3)C2)cs1. The van der Waals surface area contributed by atoms with Crippen LogP contribution in [0.3, 0.4) is 0 Å². The minimum atomic E-state index is -4.60. The summed E-state index contributed by atoms with van der Waals surface area (Å²) in [5.74, 6) is 0. The molecular weight excluding hydrogens is 405 g/mol. The van der Waals surface area contributed by atoms with Crippen LogP contribution in [0.25, 0.3) is 0 Å². The van der Waals surface area contributed by atoms with Crippen molar-refractivity contribution in [2.45, 2.75) is 31.7 Å². The van der Waals surface area contributed by atoms with Gasteiger partial charge in [-0.3, -0.25) is 9.48 Å². The molecule has 0 N–H and O–H groups in total. The molecule has 1 radical (unpaired) electrons. The summed E-state index contributed by atoms with van der Waals surface area (Å²) in [5, 5.41) is 9.58. The van der Waals surface area contributed by atoms with Crippen LogP contribution < -0.4 is 0 Å². The molecule has 0 spiro atoms. The lowest BCUT2D eigenvalue weighted by atomic mass is 10.0. The molecule has 0 saturated carbocycles. The van der Waals surface area contributed by atoms with E-state index in [1.165, 1.54) is 6.92 Å². The predicted molar refractivity (Wildman–Crippen MR) is 99.3 cm³/mol. The van der Waals surface area contributed by atoms with Crippen molar-refractivity contribution >= 4 is 23.3 Å². The zero-order valence-electron chi connectivity index (χ0n) is 15.1. The van der Waals surface area contributed by atoms with E-state index < -0.39 is 17.9 Å². The van der Waals surface area contributed by atoms with Crippen LogP contribution in [0.2, 0.25) is 0 Å². The number of hydrogen-bond donors (Lipinski definition) is 0. The van der Waals surface area contributed by atoms with Gasteiger partial charge in [-0.25, -0.2) is 4.98 Å². The largest absolute Gasteiger partial charge is 0.435 e. The van der Waals surface area contributed by atoms with Crippen molar-refractivity contribution in [1.29, 1.82) is 0 Å². The first-order chi connectivity index (χ1) is 13.9. The Balaban J connectivity index is 1.56. The highest BCUT2D eigenvalue weighted by atomic mass is 32.1. The molecule has 1 aliphatic heterocycles. The van der Waals surface area contributed by atoms with E-state index in [4.69, 9.17) is 4.84 Å². The van der Waals surface area contributed by atoms with Gasteiger partial charge >= 0.3 is 6.18 Å². The lowest BCUT2D eigenvalue weighted by Gasteiger charge is -2.09. The number of hydrogen-bond acceptors (Lipinski definition) is 6. The molecule has 0 fully saturated rings. The number of thiazole rings is 1. The molecule has 0 bridgehead atoms. The number of aryl methyl sites for hydroxylation is 1. The zero-order chi connectivity index (χ0) is 20.6. The topological polar surface area (TPSA) is 69.4 Å². The predicted octanol–water partition coefficient (Wildman–Crippen LogP) is 4.23. The molecule has 2 atom stereocenters.